The number of halogens is 2. The van der Waals surface area contributed by atoms with E-state index < -0.39 is 0 Å². The van der Waals surface area contributed by atoms with Crippen LogP contribution in [-0.2, 0) is 4.74 Å². The quantitative estimate of drug-likeness (QED) is 0.429. The maximum Gasteiger partial charge on any atom is 0.0728 e. The zero-order valence-corrected chi connectivity index (χ0v) is 18.3. The lowest BCUT2D eigenvalue weighted by atomic mass is 10.1. The molecule has 1 N–H and O–H groups in total. The molecule has 1 aromatic heterocycles. The third-order valence-electron chi connectivity index (χ3n) is 5.23. The van der Waals surface area contributed by atoms with Crippen LogP contribution in [0.1, 0.15) is 18.4 Å². The Kier molecular flexibility index (Phi) is 7.24. The van der Waals surface area contributed by atoms with Crippen molar-refractivity contribution in [2.24, 2.45) is 0 Å². The highest BCUT2D eigenvalue weighted by atomic mass is 35.5. The van der Waals surface area contributed by atoms with E-state index in [1.165, 1.54) is 0 Å². The van der Waals surface area contributed by atoms with E-state index in [0.717, 1.165) is 73.5 Å². The standard InChI is InChI=1S/C24H25Cl2N3O/c25-19-6-8-23(21(26)17-19)28-22-9-10-27-24-16-18(5-7-20(22)24)4-2-1-3-11-29-12-14-30-15-13-29/h2,4-10,16-17H,1,3,11-15H2,(H,27,28). The smallest absolute Gasteiger partial charge is 0.0728 e. The summed E-state index contributed by atoms with van der Waals surface area (Å²) >= 11 is 12.3. The molecule has 1 saturated heterocycles. The lowest BCUT2D eigenvalue weighted by Crippen LogP contribution is -2.36. The summed E-state index contributed by atoms with van der Waals surface area (Å²) in [5.74, 6) is 0. The first-order chi connectivity index (χ1) is 14.7. The largest absolute Gasteiger partial charge is 0.379 e. The molecule has 1 aliphatic rings. The molecule has 2 aromatic carbocycles. The number of anilines is 2. The van der Waals surface area contributed by atoms with Crippen LogP contribution in [-0.4, -0.2) is 42.7 Å². The van der Waals surface area contributed by atoms with Crippen molar-refractivity contribution in [1.82, 2.24) is 9.88 Å². The summed E-state index contributed by atoms with van der Waals surface area (Å²) in [5.41, 5.74) is 3.88. The Balaban J connectivity index is 1.40. The molecule has 0 unspecified atom stereocenters. The van der Waals surface area contributed by atoms with Gasteiger partial charge in [0.15, 0.2) is 0 Å². The predicted molar refractivity (Wildman–Crippen MR) is 127 cm³/mol. The number of morpholine rings is 1. The predicted octanol–water partition coefficient (Wildman–Crippen LogP) is 6.41. The number of benzene rings is 2. The van der Waals surface area contributed by atoms with Crippen LogP contribution >= 0.6 is 23.2 Å². The van der Waals surface area contributed by atoms with Crippen molar-refractivity contribution in [3.8, 4) is 0 Å². The molecule has 4 nitrogen and oxygen atoms in total. The highest BCUT2D eigenvalue weighted by Crippen LogP contribution is 2.31. The van der Waals surface area contributed by atoms with Crippen LogP contribution in [0.15, 0.2) is 54.7 Å². The van der Waals surface area contributed by atoms with Crippen LogP contribution in [0.4, 0.5) is 11.4 Å². The number of nitrogens with zero attached hydrogens (tertiary/aromatic N) is 2. The topological polar surface area (TPSA) is 37.4 Å². The van der Waals surface area contributed by atoms with Gasteiger partial charge in [0.1, 0.15) is 0 Å². The molecule has 4 rings (SSSR count). The second kappa shape index (κ2) is 10.3. The molecule has 0 amide bonds. The van der Waals surface area contributed by atoms with Gasteiger partial charge >= 0.3 is 0 Å². The molecular weight excluding hydrogens is 417 g/mol. The first kappa shape index (κ1) is 21.1. The summed E-state index contributed by atoms with van der Waals surface area (Å²) < 4.78 is 5.39. The fraction of sp³-hybridized carbons (Fsp3) is 0.292. The molecule has 1 fully saturated rings. The van der Waals surface area contributed by atoms with Crippen LogP contribution in [0.5, 0.6) is 0 Å². The van der Waals surface area contributed by atoms with Crippen molar-refractivity contribution in [2.45, 2.75) is 12.8 Å². The van der Waals surface area contributed by atoms with Crippen LogP contribution in [0, 0.1) is 0 Å². The number of pyridine rings is 1. The molecule has 0 bridgehead atoms. The molecular formula is C24H25Cl2N3O. The van der Waals surface area contributed by atoms with Crippen molar-refractivity contribution in [2.75, 3.05) is 38.2 Å². The monoisotopic (exact) mass is 441 g/mol. The van der Waals surface area contributed by atoms with Gasteiger partial charge in [-0.2, -0.15) is 0 Å². The molecule has 2 heterocycles. The van der Waals surface area contributed by atoms with Crippen molar-refractivity contribution in [3.05, 3.63) is 70.3 Å². The molecule has 3 aromatic rings. The van der Waals surface area contributed by atoms with Crippen molar-refractivity contribution in [1.29, 1.82) is 0 Å². The zero-order valence-electron chi connectivity index (χ0n) is 16.8. The molecule has 0 atom stereocenters. The number of ether oxygens (including phenoxy) is 1. The van der Waals surface area contributed by atoms with E-state index in [0.29, 0.717) is 10.0 Å². The van der Waals surface area contributed by atoms with E-state index >= 15 is 0 Å². The Morgan fingerprint density at radius 2 is 1.90 bits per heavy atom. The van der Waals surface area contributed by atoms with Gasteiger partial charge in [0.25, 0.3) is 0 Å². The highest BCUT2D eigenvalue weighted by molar-refractivity contribution is 6.36. The second-order valence-corrected chi connectivity index (χ2v) is 8.23. The number of fused-ring (bicyclic) bond motifs is 1. The van der Waals surface area contributed by atoms with Gasteiger partial charge in [-0.05, 0) is 55.3 Å². The number of hydrogen-bond acceptors (Lipinski definition) is 4. The Hall–Kier alpha value is -2.11. The number of unbranched alkanes of at least 4 members (excludes halogenated alkanes) is 1. The normalized spacial score (nSPS) is 15.1. The third kappa shape index (κ3) is 5.52. The van der Waals surface area contributed by atoms with Crippen molar-refractivity contribution >= 4 is 51.6 Å². The third-order valence-corrected chi connectivity index (χ3v) is 5.77. The summed E-state index contributed by atoms with van der Waals surface area (Å²) in [5, 5.41) is 5.64. The van der Waals surface area contributed by atoms with Crippen LogP contribution in [0.3, 0.4) is 0 Å². The number of nitrogens with one attached hydrogen (secondary N) is 1. The fourth-order valence-corrected chi connectivity index (χ4v) is 4.05. The number of rotatable bonds is 7. The van der Waals surface area contributed by atoms with E-state index in [1.54, 1.807) is 6.07 Å². The molecule has 0 radical (unpaired) electrons. The van der Waals surface area contributed by atoms with Gasteiger partial charge in [0, 0.05) is 35.4 Å². The Morgan fingerprint density at radius 3 is 2.73 bits per heavy atom. The Morgan fingerprint density at radius 1 is 1.03 bits per heavy atom. The molecule has 156 valence electrons. The minimum atomic E-state index is 0.587. The Bertz CT molecular complexity index is 1030. The highest BCUT2D eigenvalue weighted by Gasteiger charge is 2.09. The average Bonchev–Trinajstić information content (AvgIpc) is 2.76. The maximum atomic E-state index is 6.31. The van der Waals surface area contributed by atoms with Gasteiger partial charge < -0.3 is 10.1 Å². The second-order valence-electron chi connectivity index (χ2n) is 7.38. The summed E-state index contributed by atoms with van der Waals surface area (Å²) in [6.07, 6.45) is 8.47. The summed E-state index contributed by atoms with van der Waals surface area (Å²) in [6, 6.07) is 13.7. The maximum absolute atomic E-state index is 6.31. The van der Waals surface area contributed by atoms with Gasteiger partial charge in [-0.1, -0.05) is 47.5 Å². The molecule has 6 heteroatoms. The summed E-state index contributed by atoms with van der Waals surface area (Å²) in [6.45, 7) is 4.96. The minimum Gasteiger partial charge on any atom is -0.379 e. The van der Waals surface area contributed by atoms with Crippen LogP contribution in [0.25, 0.3) is 17.0 Å². The number of hydrogen-bond donors (Lipinski definition) is 1. The molecule has 0 spiro atoms. The minimum absolute atomic E-state index is 0.587. The number of aromatic nitrogens is 1. The molecule has 30 heavy (non-hydrogen) atoms. The van der Waals surface area contributed by atoms with Gasteiger partial charge in [0.2, 0.25) is 0 Å². The van der Waals surface area contributed by atoms with Crippen LogP contribution in [0.2, 0.25) is 10.0 Å². The molecule has 1 aliphatic heterocycles. The lowest BCUT2D eigenvalue weighted by Gasteiger charge is -2.26. The lowest BCUT2D eigenvalue weighted by molar-refractivity contribution is 0.0375. The van der Waals surface area contributed by atoms with E-state index in [2.05, 4.69) is 45.6 Å². The van der Waals surface area contributed by atoms with Crippen molar-refractivity contribution < 1.29 is 4.74 Å². The average molecular weight is 442 g/mol. The van der Waals surface area contributed by atoms with E-state index in [4.69, 9.17) is 27.9 Å². The Labute approximate surface area is 187 Å². The van der Waals surface area contributed by atoms with E-state index in [9.17, 15) is 0 Å². The first-order valence-corrected chi connectivity index (χ1v) is 11.0. The van der Waals surface area contributed by atoms with E-state index in [1.807, 2.05) is 24.4 Å². The van der Waals surface area contributed by atoms with Crippen molar-refractivity contribution in [3.63, 3.8) is 0 Å². The number of allylic oxidation sites excluding steroid dienone is 1. The SMILES string of the molecule is Clc1ccc(Nc2ccnc3cc(C=CCCCN4CCOCC4)ccc23)c(Cl)c1. The summed E-state index contributed by atoms with van der Waals surface area (Å²) in [4.78, 5) is 7.01. The van der Waals surface area contributed by atoms with Crippen LogP contribution < -0.4 is 5.32 Å². The first-order valence-electron chi connectivity index (χ1n) is 10.3. The molecule has 0 aliphatic carbocycles. The zero-order chi connectivity index (χ0) is 20.8. The van der Waals surface area contributed by atoms with Gasteiger partial charge in [-0.15, -0.1) is 0 Å². The van der Waals surface area contributed by atoms with E-state index in [-0.39, 0.29) is 0 Å². The molecule has 0 saturated carbocycles. The fourth-order valence-electron chi connectivity index (χ4n) is 3.59. The van der Waals surface area contributed by atoms with Gasteiger partial charge in [0.05, 0.1) is 29.4 Å². The van der Waals surface area contributed by atoms with Gasteiger partial charge in [-0.25, -0.2) is 0 Å². The van der Waals surface area contributed by atoms with Gasteiger partial charge in [-0.3, -0.25) is 9.88 Å². The summed E-state index contributed by atoms with van der Waals surface area (Å²) in [7, 11) is 0.